The normalized spacial score (nSPS) is 19.2. The van der Waals surface area contributed by atoms with Crippen molar-refractivity contribution < 1.29 is 14.3 Å². The number of carbonyl (C=O) groups excluding carboxylic acids is 1. The molecule has 0 aromatic rings. The lowest BCUT2D eigenvalue weighted by Crippen LogP contribution is -2.22. The Morgan fingerprint density at radius 2 is 1.63 bits per heavy atom. The Bertz CT molecular complexity index is 236. The molecule has 3 nitrogen and oxygen atoms in total. The third-order valence-electron chi connectivity index (χ3n) is 3.68. The number of epoxide rings is 1. The summed E-state index contributed by atoms with van der Waals surface area (Å²) in [5, 5.41) is 0. The molecule has 0 saturated carbocycles. The molecule has 1 aliphatic rings. The largest absolute Gasteiger partial charge is 0.460 e. The molecule has 0 aromatic heterocycles. The zero-order chi connectivity index (χ0) is 13.9. The Morgan fingerprint density at radius 3 is 2.11 bits per heavy atom. The van der Waals surface area contributed by atoms with E-state index in [-0.39, 0.29) is 18.2 Å². The molecule has 0 unspecified atom stereocenters. The standard InChI is InChI=1S/C16H30O3/c1-3-4-5-6-7-8-9-10-11-12-15(16-13-18-16)19-14(2)17/h15-16H,3-13H2,1-2H3/t15-,16-/m0/s1. The first-order valence-corrected chi connectivity index (χ1v) is 8.03. The molecule has 0 spiro atoms. The third kappa shape index (κ3) is 9.04. The molecule has 112 valence electrons. The number of unbranched alkanes of at least 4 members (excludes halogenated alkanes) is 8. The zero-order valence-electron chi connectivity index (χ0n) is 12.7. The summed E-state index contributed by atoms with van der Waals surface area (Å²) in [5.74, 6) is -0.184. The summed E-state index contributed by atoms with van der Waals surface area (Å²) in [6.45, 7) is 4.49. The molecule has 3 heteroatoms. The van der Waals surface area contributed by atoms with Gasteiger partial charge >= 0.3 is 5.97 Å². The van der Waals surface area contributed by atoms with Crippen LogP contribution in [0.5, 0.6) is 0 Å². The van der Waals surface area contributed by atoms with Crippen molar-refractivity contribution in [1.82, 2.24) is 0 Å². The molecule has 2 atom stereocenters. The summed E-state index contributed by atoms with van der Waals surface area (Å²) in [7, 11) is 0. The van der Waals surface area contributed by atoms with Crippen LogP contribution in [0.4, 0.5) is 0 Å². The van der Waals surface area contributed by atoms with Crippen molar-refractivity contribution in [2.75, 3.05) is 6.61 Å². The minimum atomic E-state index is -0.184. The maximum absolute atomic E-state index is 11.0. The molecule has 0 N–H and O–H groups in total. The van der Waals surface area contributed by atoms with Crippen molar-refractivity contribution >= 4 is 5.97 Å². The average molecular weight is 270 g/mol. The van der Waals surface area contributed by atoms with E-state index in [0.29, 0.717) is 0 Å². The molecule has 0 aromatic carbocycles. The van der Waals surface area contributed by atoms with Crippen molar-refractivity contribution in [2.24, 2.45) is 0 Å². The fourth-order valence-electron chi connectivity index (χ4n) is 2.46. The third-order valence-corrected chi connectivity index (χ3v) is 3.68. The van der Waals surface area contributed by atoms with Crippen LogP contribution >= 0.6 is 0 Å². The monoisotopic (exact) mass is 270 g/mol. The van der Waals surface area contributed by atoms with Gasteiger partial charge < -0.3 is 9.47 Å². The van der Waals surface area contributed by atoms with E-state index in [1.54, 1.807) is 0 Å². The second-order valence-electron chi connectivity index (χ2n) is 5.64. The van der Waals surface area contributed by atoms with Gasteiger partial charge in [-0.2, -0.15) is 0 Å². The van der Waals surface area contributed by atoms with Crippen LogP contribution < -0.4 is 0 Å². The minimum absolute atomic E-state index is 0.00190. The van der Waals surface area contributed by atoms with Gasteiger partial charge in [-0.15, -0.1) is 0 Å². The number of hydrogen-bond donors (Lipinski definition) is 0. The topological polar surface area (TPSA) is 38.8 Å². The lowest BCUT2D eigenvalue weighted by molar-refractivity contribution is -0.147. The van der Waals surface area contributed by atoms with E-state index in [4.69, 9.17) is 9.47 Å². The molecule has 0 radical (unpaired) electrons. The van der Waals surface area contributed by atoms with Gasteiger partial charge in [-0.3, -0.25) is 4.79 Å². The summed E-state index contributed by atoms with van der Waals surface area (Å²) >= 11 is 0. The Labute approximate surface area is 118 Å². The van der Waals surface area contributed by atoms with Crippen LogP contribution in [-0.2, 0) is 14.3 Å². The van der Waals surface area contributed by atoms with Gasteiger partial charge in [0, 0.05) is 6.92 Å². The van der Waals surface area contributed by atoms with Crippen LogP contribution in [-0.4, -0.2) is 24.8 Å². The van der Waals surface area contributed by atoms with Crippen molar-refractivity contribution in [3.8, 4) is 0 Å². The molecule has 0 amide bonds. The molecule has 1 fully saturated rings. The Hall–Kier alpha value is -0.570. The summed E-state index contributed by atoms with van der Waals surface area (Å²) in [5.41, 5.74) is 0. The predicted molar refractivity (Wildman–Crippen MR) is 77.1 cm³/mol. The van der Waals surface area contributed by atoms with Crippen LogP contribution in [0.25, 0.3) is 0 Å². The smallest absolute Gasteiger partial charge is 0.302 e. The van der Waals surface area contributed by atoms with Crippen molar-refractivity contribution in [2.45, 2.75) is 90.3 Å². The fourth-order valence-corrected chi connectivity index (χ4v) is 2.46. The van der Waals surface area contributed by atoms with E-state index in [0.717, 1.165) is 19.4 Å². The number of ether oxygens (including phenoxy) is 2. The lowest BCUT2D eigenvalue weighted by Gasteiger charge is -2.14. The van der Waals surface area contributed by atoms with E-state index in [1.165, 1.54) is 58.3 Å². The van der Waals surface area contributed by atoms with Gasteiger partial charge in [0.2, 0.25) is 0 Å². The van der Waals surface area contributed by atoms with E-state index in [2.05, 4.69) is 6.92 Å². The van der Waals surface area contributed by atoms with E-state index in [9.17, 15) is 4.79 Å². The highest BCUT2D eigenvalue weighted by Crippen LogP contribution is 2.22. The Kier molecular flexibility index (Phi) is 8.89. The quantitative estimate of drug-likeness (QED) is 0.302. The van der Waals surface area contributed by atoms with Crippen LogP contribution in [0.1, 0.15) is 78.1 Å². The van der Waals surface area contributed by atoms with Crippen LogP contribution in [0, 0.1) is 0 Å². The second kappa shape index (κ2) is 10.2. The number of esters is 1. The zero-order valence-corrected chi connectivity index (χ0v) is 12.7. The summed E-state index contributed by atoms with van der Waals surface area (Å²) < 4.78 is 10.5. The molecule has 1 heterocycles. The van der Waals surface area contributed by atoms with Crippen LogP contribution in [0.2, 0.25) is 0 Å². The van der Waals surface area contributed by atoms with Crippen molar-refractivity contribution in [3.05, 3.63) is 0 Å². The molecule has 0 aliphatic carbocycles. The second-order valence-corrected chi connectivity index (χ2v) is 5.64. The number of carbonyl (C=O) groups is 1. The highest BCUT2D eigenvalue weighted by molar-refractivity contribution is 5.66. The first kappa shape index (κ1) is 16.5. The van der Waals surface area contributed by atoms with Gasteiger partial charge in [-0.05, 0) is 12.8 Å². The first-order chi connectivity index (χ1) is 9.24. The van der Waals surface area contributed by atoms with Crippen LogP contribution in [0.3, 0.4) is 0 Å². The molecule has 19 heavy (non-hydrogen) atoms. The van der Waals surface area contributed by atoms with Crippen molar-refractivity contribution in [1.29, 1.82) is 0 Å². The van der Waals surface area contributed by atoms with Gasteiger partial charge in [0.1, 0.15) is 12.2 Å². The first-order valence-electron chi connectivity index (χ1n) is 8.03. The maximum atomic E-state index is 11.0. The highest BCUT2D eigenvalue weighted by Gasteiger charge is 2.34. The molecule has 1 aliphatic heterocycles. The summed E-state index contributed by atoms with van der Waals surface area (Å²) in [6.07, 6.45) is 13.0. The molecular weight excluding hydrogens is 240 g/mol. The van der Waals surface area contributed by atoms with Crippen LogP contribution in [0.15, 0.2) is 0 Å². The molecular formula is C16H30O3. The van der Waals surface area contributed by atoms with Crippen molar-refractivity contribution in [3.63, 3.8) is 0 Å². The molecule has 0 bridgehead atoms. The van der Waals surface area contributed by atoms with E-state index in [1.807, 2.05) is 0 Å². The highest BCUT2D eigenvalue weighted by atomic mass is 16.6. The Balaban J connectivity index is 1.89. The minimum Gasteiger partial charge on any atom is -0.460 e. The van der Waals surface area contributed by atoms with Gasteiger partial charge in [-0.1, -0.05) is 58.3 Å². The Morgan fingerprint density at radius 1 is 1.11 bits per heavy atom. The summed E-state index contributed by atoms with van der Waals surface area (Å²) in [6, 6.07) is 0. The fraction of sp³-hybridized carbons (Fsp3) is 0.938. The van der Waals surface area contributed by atoms with Gasteiger partial charge in [0.15, 0.2) is 0 Å². The lowest BCUT2D eigenvalue weighted by atomic mass is 10.0. The van der Waals surface area contributed by atoms with Gasteiger partial charge in [0.05, 0.1) is 6.61 Å². The van der Waals surface area contributed by atoms with E-state index >= 15 is 0 Å². The SMILES string of the molecule is CCCCCCCCCCC[C@H](OC(C)=O)[C@@H]1CO1. The summed E-state index contributed by atoms with van der Waals surface area (Å²) in [4.78, 5) is 11.0. The van der Waals surface area contributed by atoms with E-state index < -0.39 is 0 Å². The average Bonchev–Trinajstić information content (AvgIpc) is 3.19. The number of hydrogen-bond acceptors (Lipinski definition) is 3. The molecule has 1 rings (SSSR count). The maximum Gasteiger partial charge on any atom is 0.302 e. The van der Waals surface area contributed by atoms with Gasteiger partial charge in [0.25, 0.3) is 0 Å². The molecule has 1 saturated heterocycles. The predicted octanol–water partition coefficient (Wildman–Crippen LogP) is 4.24. The number of rotatable bonds is 12. The van der Waals surface area contributed by atoms with Gasteiger partial charge in [-0.25, -0.2) is 0 Å².